The number of carbonyl (C=O) groups is 2. The van der Waals surface area contributed by atoms with Crippen LogP contribution in [0.25, 0.3) is 0 Å². The van der Waals surface area contributed by atoms with Gasteiger partial charge >= 0.3 is 0 Å². The molecule has 1 atom stereocenters. The number of rotatable bonds is 7. The van der Waals surface area contributed by atoms with E-state index in [1.54, 1.807) is 5.01 Å². The third kappa shape index (κ3) is 5.18. The van der Waals surface area contributed by atoms with Gasteiger partial charge in [0.15, 0.2) is 0 Å². The lowest BCUT2D eigenvalue weighted by molar-refractivity contribution is -0.122. The van der Waals surface area contributed by atoms with Gasteiger partial charge in [-0.1, -0.05) is 42.5 Å². The standard InChI is InChI=1S/C21H21N3O2S/c1-16(25)22-19(20-13-8-14-27-20)15-21(26)23-24(17-9-4-2-5-10-17)18-11-6-3-7-12-18/h2-14,19H,15H2,1H3,(H,22,25)(H,23,26)/t19-/m1/s1. The summed E-state index contributed by atoms with van der Waals surface area (Å²) < 4.78 is 0. The number of thiophene rings is 1. The number of hydrogen-bond acceptors (Lipinski definition) is 4. The Morgan fingerprint density at radius 1 is 0.926 bits per heavy atom. The first-order valence-electron chi connectivity index (χ1n) is 8.63. The summed E-state index contributed by atoms with van der Waals surface area (Å²) in [4.78, 5) is 25.3. The van der Waals surface area contributed by atoms with Crippen molar-refractivity contribution in [3.8, 4) is 0 Å². The maximum absolute atomic E-state index is 12.8. The van der Waals surface area contributed by atoms with Gasteiger partial charge in [-0.2, -0.15) is 0 Å². The van der Waals surface area contributed by atoms with E-state index in [4.69, 9.17) is 0 Å². The van der Waals surface area contributed by atoms with Crippen molar-refractivity contribution in [1.82, 2.24) is 10.7 Å². The lowest BCUT2D eigenvalue weighted by Gasteiger charge is -2.26. The number of amides is 2. The second-order valence-corrected chi connectivity index (χ2v) is 6.99. The molecule has 0 bridgehead atoms. The molecule has 0 aliphatic rings. The van der Waals surface area contributed by atoms with E-state index in [-0.39, 0.29) is 24.3 Å². The van der Waals surface area contributed by atoms with E-state index in [2.05, 4.69) is 10.7 Å². The quantitative estimate of drug-likeness (QED) is 0.605. The molecule has 6 heteroatoms. The van der Waals surface area contributed by atoms with Crippen LogP contribution < -0.4 is 15.8 Å². The number of nitrogens with zero attached hydrogens (tertiary/aromatic N) is 1. The molecule has 0 radical (unpaired) electrons. The van der Waals surface area contributed by atoms with Crippen LogP contribution in [0.1, 0.15) is 24.3 Å². The minimum Gasteiger partial charge on any atom is -0.348 e. The molecule has 1 aromatic heterocycles. The fraction of sp³-hybridized carbons (Fsp3) is 0.143. The zero-order chi connectivity index (χ0) is 19.1. The van der Waals surface area contributed by atoms with Crippen LogP contribution >= 0.6 is 11.3 Å². The predicted octanol–water partition coefficient (Wildman–Crippen LogP) is 4.18. The number of nitrogens with one attached hydrogen (secondary N) is 2. The van der Waals surface area contributed by atoms with E-state index in [0.29, 0.717) is 0 Å². The molecular weight excluding hydrogens is 358 g/mol. The maximum atomic E-state index is 12.8. The normalized spacial score (nSPS) is 11.4. The minimum absolute atomic E-state index is 0.149. The minimum atomic E-state index is -0.351. The van der Waals surface area contributed by atoms with Gasteiger partial charge in [0.1, 0.15) is 0 Å². The highest BCUT2D eigenvalue weighted by Crippen LogP contribution is 2.25. The second-order valence-electron chi connectivity index (χ2n) is 6.01. The van der Waals surface area contributed by atoms with Crippen molar-refractivity contribution < 1.29 is 9.59 Å². The van der Waals surface area contributed by atoms with Crippen molar-refractivity contribution in [3.05, 3.63) is 83.1 Å². The molecule has 138 valence electrons. The van der Waals surface area contributed by atoms with Crippen molar-refractivity contribution in [2.75, 3.05) is 5.01 Å². The lowest BCUT2D eigenvalue weighted by atomic mass is 10.1. The monoisotopic (exact) mass is 379 g/mol. The largest absolute Gasteiger partial charge is 0.348 e. The van der Waals surface area contributed by atoms with Crippen molar-refractivity contribution >= 4 is 34.5 Å². The van der Waals surface area contributed by atoms with Gasteiger partial charge in [0.2, 0.25) is 11.8 Å². The molecule has 0 unspecified atom stereocenters. The Kier molecular flexibility index (Phi) is 6.22. The van der Waals surface area contributed by atoms with Gasteiger partial charge in [0.05, 0.1) is 23.8 Å². The molecular formula is C21H21N3O2S. The van der Waals surface area contributed by atoms with Gasteiger partial charge in [0, 0.05) is 11.8 Å². The summed E-state index contributed by atoms with van der Waals surface area (Å²) in [7, 11) is 0. The molecule has 2 amide bonds. The molecule has 2 N–H and O–H groups in total. The highest BCUT2D eigenvalue weighted by Gasteiger charge is 2.20. The summed E-state index contributed by atoms with van der Waals surface area (Å²) in [5.74, 6) is -0.348. The van der Waals surface area contributed by atoms with E-state index in [1.165, 1.54) is 18.3 Å². The molecule has 2 aromatic carbocycles. The molecule has 27 heavy (non-hydrogen) atoms. The van der Waals surface area contributed by atoms with Crippen molar-refractivity contribution in [2.24, 2.45) is 0 Å². The van der Waals surface area contributed by atoms with E-state index >= 15 is 0 Å². The predicted molar refractivity (Wildman–Crippen MR) is 109 cm³/mol. The van der Waals surface area contributed by atoms with E-state index < -0.39 is 0 Å². The first-order valence-corrected chi connectivity index (χ1v) is 9.51. The van der Waals surface area contributed by atoms with Crippen LogP contribution in [0.5, 0.6) is 0 Å². The molecule has 0 aliphatic carbocycles. The summed E-state index contributed by atoms with van der Waals surface area (Å²) in [6.45, 7) is 1.46. The van der Waals surface area contributed by atoms with Gasteiger partial charge < -0.3 is 5.32 Å². The third-order valence-electron chi connectivity index (χ3n) is 3.92. The zero-order valence-corrected chi connectivity index (χ0v) is 15.8. The Labute approximate surface area is 162 Å². The van der Waals surface area contributed by atoms with Gasteiger partial charge in [-0.05, 0) is 35.7 Å². The van der Waals surface area contributed by atoms with Crippen LogP contribution in [-0.2, 0) is 9.59 Å². The average molecular weight is 379 g/mol. The first kappa shape index (κ1) is 18.7. The molecule has 0 spiro atoms. The highest BCUT2D eigenvalue weighted by molar-refractivity contribution is 7.10. The lowest BCUT2D eigenvalue weighted by Crippen LogP contribution is -2.41. The topological polar surface area (TPSA) is 61.4 Å². The van der Waals surface area contributed by atoms with Crippen LogP contribution in [0.2, 0.25) is 0 Å². The van der Waals surface area contributed by atoms with E-state index in [9.17, 15) is 9.59 Å². The van der Waals surface area contributed by atoms with Gasteiger partial charge in [-0.3, -0.25) is 20.0 Å². The zero-order valence-electron chi connectivity index (χ0n) is 15.0. The molecule has 1 heterocycles. The van der Waals surface area contributed by atoms with Crippen molar-refractivity contribution in [3.63, 3.8) is 0 Å². The Balaban J connectivity index is 1.79. The summed E-state index contributed by atoms with van der Waals surface area (Å²) in [6, 6.07) is 22.7. The molecule has 0 saturated carbocycles. The number of para-hydroxylation sites is 2. The van der Waals surface area contributed by atoms with Crippen LogP contribution in [0, 0.1) is 0 Å². The smallest absolute Gasteiger partial charge is 0.241 e. The van der Waals surface area contributed by atoms with E-state index in [1.807, 2.05) is 78.2 Å². The van der Waals surface area contributed by atoms with Gasteiger partial charge in [-0.15, -0.1) is 11.3 Å². The molecule has 0 aliphatic heterocycles. The van der Waals surface area contributed by atoms with E-state index in [0.717, 1.165) is 16.3 Å². The van der Waals surface area contributed by atoms with Crippen LogP contribution in [-0.4, -0.2) is 11.8 Å². The van der Waals surface area contributed by atoms with Crippen LogP contribution in [0.4, 0.5) is 11.4 Å². The van der Waals surface area contributed by atoms with Crippen molar-refractivity contribution in [2.45, 2.75) is 19.4 Å². The fourth-order valence-corrected chi connectivity index (χ4v) is 3.52. The molecule has 0 fully saturated rings. The number of carbonyl (C=O) groups excluding carboxylic acids is 2. The third-order valence-corrected chi connectivity index (χ3v) is 4.90. The molecule has 3 rings (SSSR count). The summed E-state index contributed by atoms with van der Waals surface area (Å²) in [6.07, 6.45) is 0.149. The Morgan fingerprint density at radius 3 is 2.00 bits per heavy atom. The fourth-order valence-electron chi connectivity index (χ4n) is 2.75. The van der Waals surface area contributed by atoms with Crippen LogP contribution in [0.15, 0.2) is 78.2 Å². The Morgan fingerprint density at radius 2 is 1.52 bits per heavy atom. The first-order chi connectivity index (χ1) is 13.1. The number of benzene rings is 2. The molecule has 3 aromatic rings. The molecule has 0 saturated heterocycles. The number of hydrogen-bond donors (Lipinski definition) is 2. The number of hydrazine groups is 1. The average Bonchev–Trinajstić information content (AvgIpc) is 3.21. The SMILES string of the molecule is CC(=O)N[C@H](CC(=O)NN(c1ccccc1)c1ccccc1)c1cccs1. The second kappa shape index (κ2) is 9.00. The van der Waals surface area contributed by atoms with Crippen LogP contribution in [0.3, 0.4) is 0 Å². The maximum Gasteiger partial charge on any atom is 0.241 e. The van der Waals surface area contributed by atoms with Crippen molar-refractivity contribution in [1.29, 1.82) is 0 Å². The Hall–Kier alpha value is -3.12. The summed E-state index contributed by atoms with van der Waals surface area (Å²) in [5, 5.41) is 6.54. The van der Waals surface area contributed by atoms with Gasteiger partial charge in [-0.25, -0.2) is 0 Å². The summed E-state index contributed by atoms with van der Waals surface area (Å²) >= 11 is 1.52. The molecule has 5 nitrogen and oxygen atoms in total. The Bertz CT molecular complexity index is 827. The number of anilines is 2. The highest BCUT2D eigenvalue weighted by atomic mass is 32.1. The van der Waals surface area contributed by atoms with Gasteiger partial charge in [0.25, 0.3) is 0 Å². The summed E-state index contributed by atoms with van der Waals surface area (Å²) in [5.41, 5.74) is 4.67.